The number of Topliss-reactive ketones (excluding diaryl/α,β-unsaturated/α-hetero) is 2. The molecule has 4 nitrogen and oxygen atoms in total. The lowest BCUT2D eigenvalue weighted by atomic mass is 9.98. The van der Waals surface area contributed by atoms with Gasteiger partial charge in [0.2, 0.25) is 0 Å². The van der Waals surface area contributed by atoms with Gasteiger partial charge in [-0.2, -0.15) is 0 Å². The summed E-state index contributed by atoms with van der Waals surface area (Å²) in [6.45, 7) is 2.26. The summed E-state index contributed by atoms with van der Waals surface area (Å²) in [4.78, 5) is 36.4. The average Bonchev–Trinajstić information content (AvgIpc) is 2.81. The Balaban J connectivity index is 2.02. The molecule has 0 N–H and O–H groups in total. The lowest BCUT2D eigenvalue weighted by Crippen LogP contribution is -2.13. The summed E-state index contributed by atoms with van der Waals surface area (Å²) >= 11 is 0. The van der Waals surface area contributed by atoms with E-state index in [1.807, 2.05) is 0 Å². The molecule has 0 aromatic heterocycles. The Hall–Kier alpha value is -1.97. The summed E-state index contributed by atoms with van der Waals surface area (Å²) in [5.41, 5.74) is 0.490. The number of hydrogen-bond donors (Lipinski definition) is 0. The van der Waals surface area contributed by atoms with Crippen LogP contribution in [-0.4, -0.2) is 24.6 Å². The number of rotatable bonds is 20. The van der Waals surface area contributed by atoms with Gasteiger partial charge >= 0.3 is 5.97 Å². The van der Waals surface area contributed by atoms with E-state index in [1.54, 1.807) is 24.3 Å². The highest BCUT2D eigenvalue weighted by molar-refractivity contribution is 6.12. The van der Waals surface area contributed by atoms with Crippen molar-refractivity contribution in [2.24, 2.45) is 0 Å². The highest BCUT2D eigenvalue weighted by atomic mass is 16.5. The molecule has 0 saturated carbocycles. The van der Waals surface area contributed by atoms with Crippen molar-refractivity contribution in [1.29, 1.82) is 0 Å². The highest BCUT2D eigenvalue weighted by Crippen LogP contribution is 2.16. The fourth-order valence-corrected chi connectivity index (χ4v) is 4.07. The molecule has 0 bridgehead atoms. The standard InChI is InChI=1S/C28H44O4/c1-3-4-5-6-7-8-9-10-11-12-13-14-15-16-17-20-24(29)23-27(30)25-21-18-19-22-26(25)28(31)32-2/h18-19,21-22H,3-17,20,23H2,1-2H3. The van der Waals surface area contributed by atoms with Crippen LogP contribution in [0.2, 0.25) is 0 Å². The minimum absolute atomic E-state index is 0.0515. The zero-order chi connectivity index (χ0) is 23.4. The molecule has 0 unspecified atom stereocenters. The van der Waals surface area contributed by atoms with E-state index < -0.39 is 5.97 Å². The number of carbonyl (C=O) groups excluding carboxylic acids is 3. The highest BCUT2D eigenvalue weighted by Gasteiger charge is 2.19. The predicted octanol–water partition coefficient (Wildman–Crippen LogP) is 7.88. The quantitative estimate of drug-likeness (QED) is 0.0888. The van der Waals surface area contributed by atoms with Crippen molar-refractivity contribution in [3.05, 3.63) is 35.4 Å². The number of esters is 1. The molecule has 0 amide bonds. The van der Waals surface area contributed by atoms with Crippen molar-refractivity contribution >= 4 is 17.5 Å². The summed E-state index contributed by atoms with van der Waals surface area (Å²) < 4.78 is 4.72. The van der Waals surface area contributed by atoms with Crippen LogP contribution in [0.5, 0.6) is 0 Å². The Labute approximate surface area is 195 Å². The average molecular weight is 445 g/mol. The number of methoxy groups -OCH3 is 1. The van der Waals surface area contributed by atoms with Crippen molar-refractivity contribution in [3.8, 4) is 0 Å². The third-order valence-electron chi connectivity index (χ3n) is 6.05. The summed E-state index contributed by atoms with van der Waals surface area (Å²) in [6, 6.07) is 6.51. The first-order chi connectivity index (χ1) is 15.6. The molecule has 0 saturated heterocycles. The first-order valence-electron chi connectivity index (χ1n) is 12.8. The van der Waals surface area contributed by atoms with E-state index in [0.29, 0.717) is 6.42 Å². The maximum atomic E-state index is 12.4. The SMILES string of the molecule is CCCCCCCCCCCCCCCCCC(=O)CC(=O)c1ccccc1C(=O)OC. The number of carbonyl (C=O) groups is 3. The van der Waals surface area contributed by atoms with Crippen LogP contribution < -0.4 is 0 Å². The monoisotopic (exact) mass is 444 g/mol. The van der Waals surface area contributed by atoms with Crippen LogP contribution in [0, 0.1) is 0 Å². The molecule has 0 aliphatic rings. The van der Waals surface area contributed by atoms with Gasteiger partial charge in [-0.15, -0.1) is 0 Å². The second-order valence-corrected chi connectivity index (χ2v) is 8.88. The Kier molecular flexibility index (Phi) is 16.3. The van der Waals surface area contributed by atoms with Gasteiger partial charge < -0.3 is 4.74 Å². The molecule has 0 aliphatic heterocycles. The molecule has 0 heterocycles. The smallest absolute Gasteiger partial charge is 0.338 e. The van der Waals surface area contributed by atoms with Gasteiger partial charge in [-0.25, -0.2) is 4.79 Å². The molecule has 0 aliphatic carbocycles. The second-order valence-electron chi connectivity index (χ2n) is 8.88. The van der Waals surface area contributed by atoms with E-state index in [1.165, 1.54) is 84.2 Å². The van der Waals surface area contributed by atoms with Crippen LogP contribution in [0.1, 0.15) is 137 Å². The van der Waals surface area contributed by atoms with Crippen molar-refractivity contribution < 1.29 is 19.1 Å². The Morgan fingerprint density at radius 3 is 1.56 bits per heavy atom. The van der Waals surface area contributed by atoms with Crippen LogP contribution in [-0.2, 0) is 9.53 Å². The van der Waals surface area contributed by atoms with Gasteiger partial charge in [0.25, 0.3) is 0 Å². The molecule has 1 rings (SSSR count). The van der Waals surface area contributed by atoms with Crippen molar-refractivity contribution in [2.75, 3.05) is 7.11 Å². The molecule has 0 atom stereocenters. The number of benzene rings is 1. The van der Waals surface area contributed by atoms with Crippen molar-refractivity contribution in [2.45, 2.75) is 116 Å². The van der Waals surface area contributed by atoms with E-state index in [4.69, 9.17) is 4.74 Å². The Morgan fingerprint density at radius 2 is 1.09 bits per heavy atom. The summed E-state index contributed by atoms with van der Waals surface area (Å²) in [5, 5.41) is 0. The molecule has 1 aromatic rings. The van der Waals surface area contributed by atoms with Crippen molar-refractivity contribution in [1.82, 2.24) is 0 Å². The van der Waals surface area contributed by atoms with E-state index in [-0.39, 0.29) is 29.1 Å². The Morgan fingerprint density at radius 1 is 0.656 bits per heavy atom. The van der Waals surface area contributed by atoms with Gasteiger partial charge in [0.15, 0.2) is 5.78 Å². The summed E-state index contributed by atoms with van der Waals surface area (Å²) in [6.07, 6.45) is 19.6. The van der Waals surface area contributed by atoms with Gasteiger partial charge in [0, 0.05) is 12.0 Å². The topological polar surface area (TPSA) is 60.4 Å². The minimum Gasteiger partial charge on any atom is -0.465 e. The van der Waals surface area contributed by atoms with Crippen LogP contribution in [0.15, 0.2) is 24.3 Å². The maximum Gasteiger partial charge on any atom is 0.338 e. The minimum atomic E-state index is -0.552. The molecule has 180 valence electrons. The van der Waals surface area contributed by atoms with E-state index >= 15 is 0 Å². The van der Waals surface area contributed by atoms with Crippen LogP contribution in [0.3, 0.4) is 0 Å². The zero-order valence-corrected chi connectivity index (χ0v) is 20.5. The van der Waals surface area contributed by atoms with Gasteiger partial charge in [0.05, 0.1) is 19.1 Å². The normalized spacial score (nSPS) is 10.8. The second kappa shape index (κ2) is 18.6. The zero-order valence-electron chi connectivity index (χ0n) is 20.5. The van der Waals surface area contributed by atoms with E-state index in [9.17, 15) is 14.4 Å². The Bertz CT molecular complexity index is 665. The van der Waals surface area contributed by atoms with Gasteiger partial charge in [0.1, 0.15) is 5.78 Å². The largest absolute Gasteiger partial charge is 0.465 e. The first-order valence-corrected chi connectivity index (χ1v) is 12.8. The number of unbranched alkanes of at least 4 members (excludes halogenated alkanes) is 14. The molecule has 32 heavy (non-hydrogen) atoms. The van der Waals surface area contributed by atoms with E-state index in [2.05, 4.69) is 6.92 Å². The molecule has 0 fully saturated rings. The molecule has 0 spiro atoms. The molecular formula is C28H44O4. The van der Waals surface area contributed by atoms with E-state index in [0.717, 1.165) is 19.3 Å². The third kappa shape index (κ3) is 12.8. The number of ketones is 2. The molecular weight excluding hydrogens is 400 g/mol. The van der Waals surface area contributed by atoms with Gasteiger partial charge in [-0.3, -0.25) is 9.59 Å². The number of ether oxygens (including phenoxy) is 1. The fraction of sp³-hybridized carbons (Fsp3) is 0.679. The maximum absolute atomic E-state index is 12.4. The first kappa shape index (κ1) is 28.1. The lowest BCUT2D eigenvalue weighted by Gasteiger charge is -2.07. The van der Waals surface area contributed by atoms with Gasteiger partial charge in [-0.1, -0.05) is 115 Å². The van der Waals surface area contributed by atoms with Crippen molar-refractivity contribution in [3.63, 3.8) is 0 Å². The van der Waals surface area contributed by atoms with Crippen LogP contribution in [0.4, 0.5) is 0 Å². The fourth-order valence-electron chi connectivity index (χ4n) is 4.07. The number of hydrogen-bond acceptors (Lipinski definition) is 4. The van der Waals surface area contributed by atoms with Crippen LogP contribution in [0.25, 0.3) is 0 Å². The van der Waals surface area contributed by atoms with Gasteiger partial charge in [-0.05, 0) is 12.5 Å². The van der Waals surface area contributed by atoms with Crippen LogP contribution >= 0.6 is 0 Å². The lowest BCUT2D eigenvalue weighted by molar-refractivity contribution is -0.118. The molecule has 1 aromatic carbocycles. The predicted molar refractivity (Wildman–Crippen MR) is 131 cm³/mol. The summed E-state index contributed by atoms with van der Waals surface area (Å²) in [7, 11) is 1.28. The third-order valence-corrected chi connectivity index (χ3v) is 6.05. The molecule has 4 heteroatoms. The summed E-state index contributed by atoms with van der Waals surface area (Å²) in [5.74, 6) is -0.912. The molecule has 0 radical (unpaired) electrons.